The van der Waals surface area contributed by atoms with E-state index in [0.717, 1.165) is 22.6 Å². The van der Waals surface area contributed by atoms with Gasteiger partial charge in [-0.15, -0.1) is 11.8 Å². The molecule has 1 aliphatic heterocycles. The van der Waals surface area contributed by atoms with Crippen molar-refractivity contribution in [2.24, 2.45) is 5.73 Å². The summed E-state index contributed by atoms with van der Waals surface area (Å²) in [5, 5.41) is 9.56. The Balaban J connectivity index is 2.38. The number of hydrogen-bond acceptors (Lipinski definition) is 6. The van der Waals surface area contributed by atoms with Gasteiger partial charge in [0.25, 0.3) is 0 Å². The highest BCUT2D eigenvalue weighted by Crippen LogP contribution is 2.40. The predicted molar refractivity (Wildman–Crippen MR) is 102 cm³/mol. The largest absolute Gasteiger partial charge is 0.463 e. The molecule has 138 valence electrons. The van der Waals surface area contributed by atoms with Crippen molar-refractivity contribution >= 4 is 17.7 Å². The highest BCUT2D eigenvalue weighted by atomic mass is 32.2. The van der Waals surface area contributed by atoms with Crippen LogP contribution >= 0.6 is 11.8 Å². The molecule has 0 amide bonds. The molecule has 2 rings (SSSR count). The van der Waals surface area contributed by atoms with Gasteiger partial charge >= 0.3 is 5.97 Å². The first-order chi connectivity index (χ1) is 12.5. The third-order valence-electron chi connectivity index (χ3n) is 4.08. The molecule has 0 saturated heterocycles. The van der Waals surface area contributed by atoms with Gasteiger partial charge in [0.2, 0.25) is 5.88 Å². The lowest BCUT2D eigenvalue weighted by molar-refractivity contribution is -0.139. The number of ether oxygens (including phenoxy) is 2. The average molecular weight is 372 g/mol. The van der Waals surface area contributed by atoms with Gasteiger partial charge in [0, 0.05) is 4.90 Å². The Bertz CT molecular complexity index is 760. The zero-order chi connectivity index (χ0) is 19.1. The highest BCUT2D eigenvalue weighted by molar-refractivity contribution is 7.99. The van der Waals surface area contributed by atoms with Gasteiger partial charge in [0.1, 0.15) is 17.4 Å². The Morgan fingerprint density at radius 2 is 2.04 bits per heavy atom. The molecule has 0 radical (unpaired) electrons. The first kappa shape index (κ1) is 19.9. The van der Waals surface area contributed by atoms with Gasteiger partial charge in [0.05, 0.1) is 18.1 Å². The Morgan fingerprint density at radius 1 is 1.35 bits per heavy atom. The van der Waals surface area contributed by atoms with Crippen LogP contribution in [0.1, 0.15) is 45.1 Å². The number of esters is 1. The summed E-state index contributed by atoms with van der Waals surface area (Å²) < 4.78 is 10.6. The lowest BCUT2D eigenvalue weighted by atomic mass is 9.83. The molecule has 5 nitrogen and oxygen atoms in total. The second-order valence-corrected chi connectivity index (χ2v) is 7.05. The van der Waals surface area contributed by atoms with E-state index in [-0.39, 0.29) is 18.1 Å². The van der Waals surface area contributed by atoms with E-state index in [1.807, 2.05) is 24.3 Å². The highest BCUT2D eigenvalue weighted by Gasteiger charge is 2.36. The second-order valence-electron chi connectivity index (χ2n) is 5.89. The molecular formula is C20H24N2O3S. The second kappa shape index (κ2) is 9.35. The molecule has 1 heterocycles. The van der Waals surface area contributed by atoms with E-state index in [1.165, 1.54) is 6.42 Å². The molecule has 1 aliphatic rings. The van der Waals surface area contributed by atoms with E-state index in [9.17, 15) is 10.1 Å². The average Bonchev–Trinajstić information content (AvgIpc) is 2.62. The van der Waals surface area contributed by atoms with Gasteiger partial charge in [-0.3, -0.25) is 0 Å². The van der Waals surface area contributed by atoms with Crippen LogP contribution in [0.2, 0.25) is 0 Å². The quantitative estimate of drug-likeness (QED) is 0.438. The summed E-state index contributed by atoms with van der Waals surface area (Å²) in [7, 11) is 0. The summed E-state index contributed by atoms with van der Waals surface area (Å²) >= 11 is 1.79. The number of thioether (sulfide) groups is 1. The summed E-state index contributed by atoms with van der Waals surface area (Å²) in [5.41, 5.74) is 7.26. The molecule has 1 aromatic carbocycles. The molecule has 0 bridgehead atoms. The molecule has 1 atom stereocenters. The van der Waals surface area contributed by atoms with Gasteiger partial charge in [-0.25, -0.2) is 4.79 Å². The normalized spacial score (nSPS) is 16.9. The number of carbonyl (C=O) groups excluding carboxylic acids is 1. The van der Waals surface area contributed by atoms with Crippen molar-refractivity contribution in [1.29, 1.82) is 5.26 Å². The summed E-state index contributed by atoms with van der Waals surface area (Å²) in [6.07, 6.45) is 2.33. The fourth-order valence-electron chi connectivity index (χ4n) is 2.78. The van der Waals surface area contributed by atoms with E-state index in [0.29, 0.717) is 11.3 Å². The maximum Gasteiger partial charge on any atom is 0.338 e. The van der Waals surface area contributed by atoms with Gasteiger partial charge in [-0.05, 0) is 43.7 Å². The molecular weight excluding hydrogens is 348 g/mol. The van der Waals surface area contributed by atoms with Crippen molar-refractivity contribution in [3.63, 3.8) is 0 Å². The van der Waals surface area contributed by atoms with Crippen LogP contribution in [0.25, 0.3) is 0 Å². The van der Waals surface area contributed by atoms with Crippen molar-refractivity contribution < 1.29 is 14.3 Å². The van der Waals surface area contributed by atoms with Gasteiger partial charge in [-0.1, -0.05) is 25.5 Å². The number of nitrogens with zero attached hydrogens (tertiary/aromatic N) is 1. The zero-order valence-corrected chi connectivity index (χ0v) is 16.2. The smallest absolute Gasteiger partial charge is 0.338 e. The Kier molecular flexibility index (Phi) is 7.16. The minimum Gasteiger partial charge on any atom is -0.463 e. The van der Waals surface area contributed by atoms with Crippen LogP contribution in [0, 0.1) is 11.3 Å². The minimum atomic E-state index is -0.581. The van der Waals surface area contributed by atoms with E-state index < -0.39 is 11.9 Å². The van der Waals surface area contributed by atoms with Gasteiger partial charge < -0.3 is 15.2 Å². The maximum absolute atomic E-state index is 12.5. The predicted octanol–water partition coefficient (Wildman–Crippen LogP) is 4.22. The van der Waals surface area contributed by atoms with Crippen LogP contribution in [0.3, 0.4) is 0 Å². The van der Waals surface area contributed by atoms with Crippen molar-refractivity contribution in [2.45, 2.75) is 44.4 Å². The summed E-state index contributed by atoms with van der Waals surface area (Å²) in [6, 6.07) is 9.97. The molecule has 0 fully saturated rings. The first-order valence-corrected chi connectivity index (χ1v) is 9.70. The third kappa shape index (κ3) is 4.41. The molecule has 0 spiro atoms. The fraction of sp³-hybridized carbons (Fsp3) is 0.400. The Hall–Kier alpha value is -2.39. The standard InChI is InChI=1S/C20H24N2O3S/c1-4-6-11-26-15-9-7-14(8-10-15)18-16(12-21)19(22)25-13(3)17(18)20(23)24-5-2/h7-10,18H,4-6,11,22H2,1-3H3. The van der Waals surface area contributed by atoms with E-state index in [1.54, 1.807) is 25.6 Å². The van der Waals surface area contributed by atoms with E-state index >= 15 is 0 Å². The zero-order valence-electron chi connectivity index (χ0n) is 15.4. The lowest BCUT2D eigenvalue weighted by Gasteiger charge is -2.26. The number of nitrogens with two attached hydrogens (primary N) is 1. The van der Waals surface area contributed by atoms with Crippen LogP contribution in [-0.4, -0.2) is 18.3 Å². The number of hydrogen-bond donors (Lipinski definition) is 1. The SMILES string of the molecule is CCCCSc1ccc(C2C(C#N)=C(N)OC(C)=C2C(=O)OCC)cc1. The molecule has 0 saturated carbocycles. The van der Waals surface area contributed by atoms with E-state index in [4.69, 9.17) is 15.2 Å². The van der Waals surface area contributed by atoms with Crippen LogP contribution < -0.4 is 5.73 Å². The molecule has 0 aliphatic carbocycles. The number of benzene rings is 1. The summed E-state index contributed by atoms with van der Waals surface area (Å²) in [5.74, 6) is 0.395. The van der Waals surface area contributed by atoms with Crippen LogP contribution in [-0.2, 0) is 14.3 Å². The molecule has 26 heavy (non-hydrogen) atoms. The lowest BCUT2D eigenvalue weighted by Crippen LogP contribution is -2.25. The number of unbranched alkanes of at least 4 members (excludes halogenated alkanes) is 1. The van der Waals surface area contributed by atoms with Crippen LogP contribution in [0.15, 0.2) is 51.9 Å². The van der Waals surface area contributed by atoms with Crippen LogP contribution in [0.4, 0.5) is 0 Å². The van der Waals surface area contributed by atoms with Crippen LogP contribution in [0.5, 0.6) is 0 Å². The Morgan fingerprint density at radius 3 is 2.62 bits per heavy atom. The van der Waals surface area contributed by atoms with Crippen molar-refractivity contribution in [1.82, 2.24) is 0 Å². The summed E-state index contributed by atoms with van der Waals surface area (Å²) in [6.45, 7) is 5.82. The number of rotatable bonds is 7. The summed E-state index contributed by atoms with van der Waals surface area (Å²) in [4.78, 5) is 13.6. The fourth-order valence-corrected chi connectivity index (χ4v) is 3.78. The van der Waals surface area contributed by atoms with Gasteiger partial charge in [-0.2, -0.15) is 5.26 Å². The molecule has 6 heteroatoms. The molecule has 0 aromatic heterocycles. The van der Waals surface area contributed by atoms with Gasteiger partial charge in [0.15, 0.2) is 0 Å². The van der Waals surface area contributed by atoms with E-state index in [2.05, 4.69) is 13.0 Å². The Labute approximate surface area is 158 Å². The third-order valence-corrected chi connectivity index (χ3v) is 5.18. The maximum atomic E-state index is 12.5. The first-order valence-electron chi connectivity index (χ1n) is 8.71. The molecule has 2 N–H and O–H groups in total. The van der Waals surface area contributed by atoms with Crippen molar-refractivity contribution in [3.05, 3.63) is 52.6 Å². The molecule has 1 aromatic rings. The van der Waals surface area contributed by atoms with Crippen molar-refractivity contribution in [2.75, 3.05) is 12.4 Å². The number of carbonyl (C=O) groups is 1. The monoisotopic (exact) mass is 372 g/mol. The number of allylic oxidation sites excluding steroid dienone is 2. The topological polar surface area (TPSA) is 85.3 Å². The molecule has 1 unspecified atom stereocenters. The number of nitriles is 1. The minimum absolute atomic E-state index is 0.0319. The van der Waals surface area contributed by atoms with Crippen molar-refractivity contribution in [3.8, 4) is 6.07 Å².